The first-order valence-electron chi connectivity index (χ1n) is 13.6. The molecule has 1 heterocycles. The van der Waals surface area contributed by atoms with Gasteiger partial charge in [0.15, 0.2) is 18.3 Å². The van der Waals surface area contributed by atoms with Gasteiger partial charge in [0.05, 0.1) is 6.61 Å². The van der Waals surface area contributed by atoms with Gasteiger partial charge in [-0.1, -0.05) is 55.8 Å². The van der Waals surface area contributed by atoms with Gasteiger partial charge in [-0.05, 0) is 53.8 Å². The molecule has 1 fully saturated rings. The van der Waals surface area contributed by atoms with Gasteiger partial charge in [-0.2, -0.15) is 0 Å². The minimum atomic E-state index is -1.04. The Kier molecular flexibility index (Phi) is 12.0. The van der Waals surface area contributed by atoms with Gasteiger partial charge in [-0.25, -0.2) is 0 Å². The van der Waals surface area contributed by atoms with Crippen LogP contribution in [0.3, 0.4) is 0 Å². The molecule has 0 aromatic heterocycles. The summed E-state index contributed by atoms with van der Waals surface area (Å²) < 4.78 is 28.9. The van der Waals surface area contributed by atoms with Crippen molar-refractivity contribution in [2.45, 2.75) is 90.3 Å². The first kappa shape index (κ1) is 31.6. The Balaban J connectivity index is 1.90. The second-order valence-electron chi connectivity index (χ2n) is 9.97. The largest absolute Gasteiger partial charge is 0.455 e. The van der Waals surface area contributed by atoms with Gasteiger partial charge in [0.1, 0.15) is 11.5 Å². The number of carbonyl (C=O) groups excluding carboxylic acids is 3. The summed E-state index contributed by atoms with van der Waals surface area (Å²) in [7, 11) is 0. The lowest BCUT2D eigenvalue weighted by molar-refractivity contribution is -0.233. The normalized spacial score (nSPS) is 22.4. The molecule has 1 aliphatic heterocycles. The fraction of sp³-hybridized carbons (Fsp3) is 0.516. The van der Waals surface area contributed by atoms with Crippen molar-refractivity contribution in [3.63, 3.8) is 0 Å². The third kappa shape index (κ3) is 8.81. The zero-order chi connectivity index (χ0) is 29.2. The van der Waals surface area contributed by atoms with Crippen molar-refractivity contribution in [3.05, 3.63) is 70.3 Å². The molecule has 9 heteroatoms. The fourth-order valence-electron chi connectivity index (χ4n) is 4.70. The Morgan fingerprint density at radius 3 is 2.05 bits per heavy atom. The summed E-state index contributed by atoms with van der Waals surface area (Å²) in [6, 6.07) is 14.3. The molecule has 0 aliphatic carbocycles. The summed E-state index contributed by atoms with van der Waals surface area (Å²) in [5, 5.41) is 0. The van der Waals surface area contributed by atoms with E-state index in [1.807, 2.05) is 31.4 Å². The molecule has 0 amide bonds. The Bertz CT molecular complexity index is 1150. The number of aryl methyl sites for hydroxylation is 1. The predicted molar refractivity (Wildman–Crippen MR) is 153 cm³/mol. The fourth-order valence-corrected chi connectivity index (χ4v) is 5.41. The van der Waals surface area contributed by atoms with E-state index in [-0.39, 0.29) is 0 Å². The summed E-state index contributed by atoms with van der Waals surface area (Å²) in [4.78, 5) is 36.1. The molecule has 5 atom stereocenters. The van der Waals surface area contributed by atoms with Gasteiger partial charge < -0.3 is 23.7 Å². The molecule has 0 N–H and O–H groups in total. The number of thioether (sulfide) groups is 1. The zero-order valence-electron chi connectivity index (χ0n) is 24.1. The van der Waals surface area contributed by atoms with Crippen LogP contribution in [-0.2, 0) is 51.1 Å². The second-order valence-corrected chi connectivity index (χ2v) is 10.9. The maximum Gasteiger partial charge on any atom is 0.303 e. The quantitative estimate of drug-likeness (QED) is 0.187. The highest BCUT2D eigenvalue weighted by atomic mass is 32.2. The predicted octanol–water partition coefficient (Wildman–Crippen LogP) is 5.46. The summed E-state index contributed by atoms with van der Waals surface area (Å²) in [5.41, 5.74) is 4.58. The van der Waals surface area contributed by atoms with Crippen molar-refractivity contribution < 1.29 is 38.1 Å². The lowest BCUT2D eigenvalue weighted by Crippen LogP contribution is -2.57. The molecule has 1 aliphatic rings. The Morgan fingerprint density at radius 1 is 0.850 bits per heavy atom. The third-order valence-corrected chi connectivity index (χ3v) is 7.51. The first-order valence-corrected chi connectivity index (χ1v) is 14.9. The number of hydrogen-bond donors (Lipinski definition) is 0. The molecule has 3 rings (SSSR count). The number of unbranched alkanes of at least 4 members (excludes halogenated alkanes) is 1. The van der Waals surface area contributed by atoms with Crippen molar-refractivity contribution in [3.8, 4) is 0 Å². The van der Waals surface area contributed by atoms with Crippen LogP contribution in [0.1, 0.15) is 74.5 Å². The molecule has 218 valence electrons. The molecule has 0 saturated carbocycles. The van der Waals surface area contributed by atoms with E-state index in [2.05, 4.69) is 31.2 Å². The first-order chi connectivity index (χ1) is 19.1. The molecule has 1 unspecified atom stereocenters. The van der Waals surface area contributed by atoms with Crippen LogP contribution in [0, 0.1) is 6.92 Å². The average molecular weight is 573 g/mol. The maximum atomic E-state index is 12.1. The molecule has 8 nitrogen and oxygen atoms in total. The second kappa shape index (κ2) is 15.2. The molecule has 40 heavy (non-hydrogen) atoms. The minimum Gasteiger partial charge on any atom is -0.455 e. The summed E-state index contributed by atoms with van der Waals surface area (Å²) >= 11 is 1.32. The molecule has 0 bridgehead atoms. The van der Waals surface area contributed by atoms with Crippen LogP contribution < -0.4 is 0 Å². The smallest absolute Gasteiger partial charge is 0.303 e. The number of benzene rings is 2. The Morgan fingerprint density at radius 2 is 1.45 bits per heavy atom. The number of rotatable bonds is 12. The van der Waals surface area contributed by atoms with Crippen molar-refractivity contribution in [1.29, 1.82) is 0 Å². The van der Waals surface area contributed by atoms with Crippen LogP contribution in [0.25, 0.3) is 0 Å². The van der Waals surface area contributed by atoms with E-state index in [0.717, 1.165) is 47.3 Å². The molecular weight excluding hydrogens is 532 g/mol. The topological polar surface area (TPSA) is 97.4 Å². The SMILES string of the molecule is CCCCOCc1ccc(Cc2cc(C3O[C@H](SC)[C@@H](OC(C)=O)[C@H](OC(C)=O)[C@H]3OC(C)=O)ccc2C)cc1. The lowest BCUT2D eigenvalue weighted by Gasteiger charge is -2.44. The highest BCUT2D eigenvalue weighted by Crippen LogP contribution is 2.40. The van der Waals surface area contributed by atoms with Gasteiger partial charge in [0, 0.05) is 27.4 Å². The van der Waals surface area contributed by atoms with Crippen LogP contribution >= 0.6 is 11.8 Å². The number of carbonyl (C=O) groups is 3. The standard InChI is InChI=1S/C31H40O8S/c1-7-8-15-35-18-24-12-10-23(11-13-24)16-26-17-25(14-9-19(26)2)27-28(36-20(3)32)29(37-21(4)33)30(38-22(5)34)31(39-27)40-6/h9-14,17,27-31H,7-8,15-16,18H2,1-6H3/t27?,28-,29+,30-,31+/m0/s1. The zero-order valence-corrected chi connectivity index (χ0v) is 25.0. The van der Waals surface area contributed by atoms with Crippen LogP contribution in [0.5, 0.6) is 0 Å². The van der Waals surface area contributed by atoms with Crippen LogP contribution in [0.2, 0.25) is 0 Å². The Labute approximate surface area is 241 Å². The van der Waals surface area contributed by atoms with Crippen LogP contribution in [0.15, 0.2) is 42.5 Å². The van der Waals surface area contributed by atoms with E-state index in [9.17, 15) is 14.4 Å². The molecule has 2 aromatic rings. The van der Waals surface area contributed by atoms with Gasteiger partial charge >= 0.3 is 17.9 Å². The van der Waals surface area contributed by atoms with Gasteiger partial charge in [-0.15, -0.1) is 11.8 Å². The van der Waals surface area contributed by atoms with Crippen molar-refractivity contribution in [1.82, 2.24) is 0 Å². The van der Waals surface area contributed by atoms with Crippen LogP contribution in [0.4, 0.5) is 0 Å². The van der Waals surface area contributed by atoms with E-state index in [4.69, 9.17) is 23.7 Å². The van der Waals surface area contributed by atoms with E-state index in [0.29, 0.717) is 13.0 Å². The Hall–Kier alpha value is -2.88. The third-order valence-electron chi connectivity index (χ3n) is 6.66. The van der Waals surface area contributed by atoms with Crippen LogP contribution in [-0.4, -0.2) is 54.5 Å². The van der Waals surface area contributed by atoms with Gasteiger partial charge in [0.2, 0.25) is 0 Å². The van der Waals surface area contributed by atoms with Crippen molar-refractivity contribution in [2.24, 2.45) is 0 Å². The average Bonchev–Trinajstić information content (AvgIpc) is 2.90. The summed E-state index contributed by atoms with van der Waals surface area (Å²) in [6.45, 7) is 9.37. The highest BCUT2D eigenvalue weighted by Gasteiger charge is 2.52. The van der Waals surface area contributed by atoms with E-state index < -0.39 is 47.8 Å². The molecule has 1 saturated heterocycles. The number of esters is 3. The van der Waals surface area contributed by atoms with Gasteiger partial charge in [-0.3, -0.25) is 14.4 Å². The number of hydrogen-bond acceptors (Lipinski definition) is 9. The van der Waals surface area contributed by atoms with Crippen molar-refractivity contribution >= 4 is 29.7 Å². The number of ether oxygens (including phenoxy) is 5. The monoisotopic (exact) mass is 572 g/mol. The van der Waals surface area contributed by atoms with E-state index >= 15 is 0 Å². The highest BCUT2D eigenvalue weighted by molar-refractivity contribution is 7.99. The lowest BCUT2D eigenvalue weighted by atomic mass is 9.90. The summed E-state index contributed by atoms with van der Waals surface area (Å²) in [6.07, 6.45) is 0.909. The molecule has 0 spiro atoms. The van der Waals surface area contributed by atoms with Gasteiger partial charge in [0.25, 0.3) is 0 Å². The van der Waals surface area contributed by atoms with Crippen molar-refractivity contribution in [2.75, 3.05) is 12.9 Å². The molecule has 2 aromatic carbocycles. The van der Waals surface area contributed by atoms with E-state index in [1.165, 1.54) is 32.5 Å². The molecular formula is C31H40O8S. The maximum absolute atomic E-state index is 12.1. The minimum absolute atomic E-state index is 0.555. The van der Waals surface area contributed by atoms with E-state index in [1.54, 1.807) is 0 Å². The summed E-state index contributed by atoms with van der Waals surface area (Å²) in [5.74, 6) is -1.70. The molecule has 0 radical (unpaired) electrons.